The van der Waals surface area contributed by atoms with Gasteiger partial charge in [-0.2, -0.15) is 4.98 Å². The van der Waals surface area contributed by atoms with Crippen molar-refractivity contribution in [3.8, 4) is 0 Å². The van der Waals surface area contributed by atoms with Gasteiger partial charge in [-0.05, 0) is 37.1 Å². The lowest BCUT2D eigenvalue weighted by atomic mass is 10.4. The van der Waals surface area contributed by atoms with Gasteiger partial charge in [0.05, 0.1) is 11.9 Å². The Morgan fingerprint density at radius 3 is 2.96 bits per heavy atom. The van der Waals surface area contributed by atoms with Crippen molar-refractivity contribution in [2.24, 2.45) is 5.73 Å². The Hall–Kier alpha value is -2.94. The van der Waals surface area contributed by atoms with E-state index in [4.69, 9.17) is 15.4 Å². The van der Waals surface area contributed by atoms with Gasteiger partial charge >= 0.3 is 6.01 Å². The second-order valence-electron chi connectivity index (χ2n) is 5.85. The average Bonchev–Trinajstić information content (AvgIpc) is 3.38. The Morgan fingerprint density at radius 2 is 2.12 bits per heavy atom. The Balaban J connectivity index is 1.56. The molecule has 0 bridgehead atoms. The molecule has 4 rings (SSSR count). The molecule has 0 unspecified atom stereocenters. The molecule has 9 heteroatoms. The Kier molecular flexibility index (Phi) is 4.30. The molecule has 25 heavy (non-hydrogen) atoms. The van der Waals surface area contributed by atoms with Crippen LogP contribution in [0.25, 0.3) is 17.8 Å². The van der Waals surface area contributed by atoms with Crippen molar-refractivity contribution in [1.29, 1.82) is 0 Å². The van der Waals surface area contributed by atoms with Crippen molar-refractivity contribution in [2.45, 2.75) is 12.8 Å². The second-order valence-corrected chi connectivity index (χ2v) is 5.85. The van der Waals surface area contributed by atoms with Crippen LogP contribution in [-0.4, -0.2) is 50.9 Å². The monoisotopic (exact) mass is 340 g/mol. The van der Waals surface area contributed by atoms with Crippen LogP contribution in [0.15, 0.2) is 22.9 Å². The van der Waals surface area contributed by atoms with E-state index >= 15 is 0 Å². The number of fused-ring (bicyclic) bond motifs is 1. The van der Waals surface area contributed by atoms with E-state index in [1.165, 1.54) is 12.8 Å². The molecule has 3 N–H and O–H groups in total. The van der Waals surface area contributed by atoms with Gasteiger partial charge in [0.2, 0.25) is 0 Å². The van der Waals surface area contributed by atoms with Crippen molar-refractivity contribution in [1.82, 2.24) is 24.7 Å². The number of hydrogen-bond acceptors (Lipinski definition) is 8. The molecule has 0 spiro atoms. The molecular weight excluding hydrogens is 320 g/mol. The minimum Gasteiger partial charge on any atom is -0.355 e. The van der Waals surface area contributed by atoms with Crippen molar-refractivity contribution < 1.29 is 4.52 Å². The summed E-state index contributed by atoms with van der Waals surface area (Å²) in [5.74, 6) is 1.45. The number of nitrogens with zero attached hydrogens (tertiary/aromatic N) is 6. The van der Waals surface area contributed by atoms with Gasteiger partial charge in [0, 0.05) is 26.2 Å². The molecule has 0 saturated carbocycles. The molecule has 0 amide bonds. The van der Waals surface area contributed by atoms with E-state index in [1.54, 1.807) is 12.3 Å². The highest BCUT2D eigenvalue weighted by molar-refractivity contribution is 5.66. The van der Waals surface area contributed by atoms with Gasteiger partial charge in [0.25, 0.3) is 0 Å². The first-order chi connectivity index (χ1) is 12.3. The van der Waals surface area contributed by atoms with E-state index in [0.29, 0.717) is 24.9 Å². The molecule has 0 aromatic carbocycles. The summed E-state index contributed by atoms with van der Waals surface area (Å²) in [6, 6.07) is 4.37. The van der Waals surface area contributed by atoms with Crippen LogP contribution in [0.2, 0.25) is 0 Å². The van der Waals surface area contributed by atoms with Gasteiger partial charge in [-0.3, -0.25) is 0 Å². The lowest BCUT2D eigenvalue weighted by Gasteiger charge is -2.15. The number of aromatic nitrogens is 5. The lowest BCUT2D eigenvalue weighted by Crippen LogP contribution is -2.19. The van der Waals surface area contributed by atoms with E-state index in [0.717, 1.165) is 30.2 Å². The average molecular weight is 340 g/mol. The largest absolute Gasteiger partial charge is 0.355 e. The van der Waals surface area contributed by atoms with E-state index in [9.17, 15) is 0 Å². The first-order valence-electron chi connectivity index (χ1n) is 8.39. The highest BCUT2D eigenvalue weighted by Crippen LogP contribution is 2.19. The number of nitrogens with two attached hydrogens (primary N) is 1. The maximum atomic E-state index is 5.43. The topological polar surface area (TPSA) is 110 Å². The minimum atomic E-state index is 0.359. The van der Waals surface area contributed by atoms with E-state index < -0.39 is 0 Å². The molecule has 1 saturated heterocycles. The summed E-state index contributed by atoms with van der Waals surface area (Å²) in [5, 5.41) is 11.5. The second kappa shape index (κ2) is 6.89. The number of rotatable bonds is 6. The highest BCUT2D eigenvalue weighted by atomic mass is 16.5. The molecule has 3 aromatic rings. The summed E-state index contributed by atoms with van der Waals surface area (Å²) >= 11 is 0. The zero-order chi connectivity index (χ0) is 17.1. The first-order valence-corrected chi connectivity index (χ1v) is 8.39. The molecule has 0 aliphatic carbocycles. The van der Waals surface area contributed by atoms with Gasteiger partial charge in [0.15, 0.2) is 11.5 Å². The molecule has 1 fully saturated rings. The fourth-order valence-corrected chi connectivity index (χ4v) is 2.82. The third kappa shape index (κ3) is 3.31. The SMILES string of the molecule is NCCNc1nc(/C=C/c2cnc3ccc(N4CCCC4)nn23)no1. The van der Waals surface area contributed by atoms with Crippen molar-refractivity contribution in [2.75, 3.05) is 36.4 Å². The van der Waals surface area contributed by atoms with Gasteiger partial charge in [-0.15, -0.1) is 5.10 Å². The summed E-state index contributed by atoms with van der Waals surface area (Å²) in [5.41, 5.74) is 7.09. The standard InChI is InChI=1S/C16H20N8O/c17-7-8-18-16-20-13(22-25-16)4-3-12-11-19-14-5-6-15(21-24(12)14)23-9-1-2-10-23/h3-6,11H,1-2,7-10,17H2,(H,18,20,22)/b4-3+. The van der Waals surface area contributed by atoms with Gasteiger partial charge < -0.3 is 20.5 Å². The molecule has 130 valence electrons. The normalized spacial score (nSPS) is 14.8. The van der Waals surface area contributed by atoms with Crippen molar-refractivity contribution in [3.05, 3.63) is 29.8 Å². The molecule has 0 atom stereocenters. The fraction of sp³-hybridized carbons (Fsp3) is 0.375. The third-order valence-electron chi connectivity index (χ3n) is 4.07. The molecule has 3 aromatic heterocycles. The number of anilines is 2. The van der Waals surface area contributed by atoms with E-state index in [-0.39, 0.29) is 0 Å². The molecule has 1 aliphatic heterocycles. The molecular formula is C16H20N8O. The van der Waals surface area contributed by atoms with Crippen LogP contribution in [0.4, 0.5) is 11.8 Å². The zero-order valence-corrected chi connectivity index (χ0v) is 13.8. The van der Waals surface area contributed by atoms with Gasteiger partial charge in [-0.25, -0.2) is 9.50 Å². The predicted octanol–water partition coefficient (Wildman–Crippen LogP) is 1.25. The summed E-state index contributed by atoms with van der Waals surface area (Å²) in [4.78, 5) is 10.9. The predicted molar refractivity (Wildman–Crippen MR) is 95.2 cm³/mol. The number of nitrogens with one attached hydrogen (secondary N) is 1. The lowest BCUT2D eigenvalue weighted by molar-refractivity contribution is 0.429. The molecule has 0 radical (unpaired) electrons. The summed E-state index contributed by atoms with van der Waals surface area (Å²) in [6.07, 6.45) is 7.85. The van der Waals surface area contributed by atoms with Crippen molar-refractivity contribution >= 4 is 29.6 Å². The molecule has 9 nitrogen and oxygen atoms in total. The summed E-state index contributed by atoms with van der Waals surface area (Å²) in [6.45, 7) is 3.20. The Labute approximate surface area is 144 Å². The number of hydrogen-bond donors (Lipinski definition) is 2. The van der Waals surface area contributed by atoms with E-state index in [2.05, 4.69) is 25.3 Å². The third-order valence-corrected chi connectivity index (χ3v) is 4.07. The van der Waals surface area contributed by atoms with Crippen LogP contribution in [0, 0.1) is 0 Å². The quantitative estimate of drug-likeness (QED) is 0.690. The number of imidazole rings is 1. The van der Waals surface area contributed by atoms with Crippen LogP contribution in [0.5, 0.6) is 0 Å². The zero-order valence-electron chi connectivity index (χ0n) is 13.8. The van der Waals surface area contributed by atoms with Gasteiger partial charge in [-0.1, -0.05) is 5.16 Å². The highest BCUT2D eigenvalue weighted by Gasteiger charge is 2.14. The molecule has 4 heterocycles. The summed E-state index contributed by atoms with van der Waals surface area (Å²) < 4.78 is 6.92. The smallest absolute Gasteiger partial charge is 0.321 e. The van der Waals surface area contributed by atoms with Crippen molar-refractivity contribution in [3.63, 3.8) is 0 Å². The fourth-order valence-electron chi connectivity index (χ4n) is 2.82. The van der Waals surface area contributed by atoms with Crippen LogP contribution in [0.3, 0.4) is 0 Å². The summed E-state index contributed by atoms with van der Waals surface area (Å²) in [7, 11) is 0. The Bertz CT molecular complexity index is 877. The van der Waals surface area contributed by atoms with Gasteiger partial charge in [0.1, 0.15) is 5.82 Å². The van der Waals surface area contributed by atoms with Crippen LogP contribution < -0.4 is 16.0 Å². The first kappa shape index (κ1) is 15.6. The Morgan fingerprint density at radius 1 is 1.24 bits per heavy atom. The maximum Gasteiger partial charge on any atom is 0.321 e. The van der Waals surface area contributed by atoms with Crippen LogP contribution in [0.1, 0.15) is 24.4 Å². The van der Waals surface area contributed by atoms with Crippen LogP contribution >= 0.6 is 0 Å². The van der Waals surface area contributed by atoms with E-state index in [1.807, 2.05) is 22.7 Å². The minimum absolute atomic E-state index is 0.359. The van der Waals surface area contributed by atoms with Crippen LogP contribution in [-0.2, 0) is 0 Å². The maximum absolute atomic E-state index is 5.43. The molecule has 1 aliphatic rings.